The van der Waals surface area contributed by atoms with Gasteiger partial charge in [-0.25, -0.2) is 8.78 Å². The molecule has 33 heavy (non-hydrogen) atoms. The van der Waals surface area contributed by atoms with Crippen molar-refractivity contribution >= 4 is 34.7 Å². The molecule has 1 saturated heterocycles. The lowest BCUT2D eigenvalue weighted by atomic mass is 9.95. The average Bonchev–Trinajstić information content (AvgIpc) is 3.06. The van der Waals surface area contributed by atoms with Gasteiger partial charge in [-0.1, -0.05) is 23.7 Å². The maximum absolute atomic E-state index is 14.7. The van der Waals surface area contributed by atoms with Crippen LogP contribution >= 0.6 is 11.6 Å². The standard InChI is InChI=1S/C24H16ClF2NO5/c1-33-15-6-7-17(25)16(11-15)22(30)20-21(12-3-2-4-14(29)9-12)28(24(32)23(20)31)19-10-13(26)5-8-18(19)27/h2-11,21,29-30H,1H3/b22-20+. The van der Waals surface area contributed by atoms with Crippen LogP contribution in [0.4, 0.5) is 14.5 Å². The molecule has 0 bridgehead atoms. The van der Waals surface area contributed by atoms with E-state index in [1.54, 1.807) is 0 Å². The minimum absolute atomic E-state index is 0.00103. The van der Waals surface area contributed by atoms with Crippen LogP contribution in [-0.2, 0) is 9.59 Å². The number of nitrogens with zero attached hydrogens (tertiary/aromatic N) is 1. The molecule has 1 heterocycles. The molecule has 0 radical (unpaired) electrons. The van der Waals surface area contributed by atoms with E-state index in [1.807, 2.05) is 0 Å². The van der Waals surface area contributed by atoms with Crippen LogP contribution in [0.1, 0.15) is 17.2 Å². The molecule has 1 amide bonds. The molecule has 4 rings (SSSR count). The lowest BCUT2D eigenvalue weighted by Gasteiger charge is -2.26. The zero-order valence-corrected chi connectivity index (χ0v) is 17.8. The first-order valence-electron chi connectivity index (χ1n) is 9.61. The number of benzene rings is 3. The van der Waals surface area contributed by atoms with Gasteiger partial charge in [-0.3, -0.25) is 14.5 Å². The number of ether oxygens (including phenoxy) is 1. The number of aromatic hydroxyl groups is 1. The topological polar surface area (TPSA) is 87.1 Å². The average molecular weight is 472 g/mol. The largest absolute Gasteiger partial charge is 0.508 e. The van der Waals surface area contributed by atoms with Gasteiger partial charge in [0.1, 0.15) is 28.9 Å². The summed E-state index contributed by atoms with van der Waals surface area (Å²) in [6.45, 7) is 0. The number of methoxy groups -OCH3 is 1. The Bertz CT molecular complexity index is 1320. The Morgan fingerprint density at radius 2 is 1.82 bits per heavy atom. The summed E-state index contributed by atoms with van der Waals surface area (Å²) in [6.07, 6.45) is 0. The van der Waals surface area contributed by atoms with Crippen LogP contribution in [0.5, 0.6) is 11.5 Å². The highest BCUT2D eigenvalue weighted by Gasteiger charge is 2.48. The number of hydrogen-bond donors (Lipinski definition) is 2. The maximum Gasteiger partial charge on any atom is 0.300 e. The smallest absolute Gasteiger partial charge is 0.300 e. The Labute approximate surface area is 191 Å². The molecule has 0 aromatic heterocycles. The van der Waals surface area contributed by atoms with Crippen LogP contribution in [0.25, 0.3) is 5.76 Å². The zero-order chi connectivity index (χ0) is 23.9. The number of carbonyl (C=O) groups is 2. The molecular formula is C24H16ClF2NO5. The predicted molar refractivity (Wildman–Crippen MR) is 117 cm³/mol. The summed E-state index contributed by atoms with van der Waals surface area (Å²) in [5.74, 6) is -4.62. The highest BCUT2D eigenvalue weighted by Crippen LogP contribution is 2.44. The number of Topliss-reactive ketones (excluding diaryl/α,β-unsaturated/α-hetero) is 1. The minimum Gasteiger partial charge on any atom is -0.508 e. The van der Waals surface area contributed by atoms with Crippen LogP contribution in [0, 0.1) is 11.6 Å². The number of carbonyl (C=O) groups excluding carboxylic acids is 2. The molecule has 9 heteroatoms. The first-order valence-corrected chi connectivity index (χ1v) is 9.99. The van der Waals surface area contributed by atoms with Gasteiger partial charge in [-0.2, -0.15) is 0 Å². The van der Waals surface area contributed by atoms with Crippen molar-refractivity contribution in [1.82, 2.24) is 0 Å². The van der Waals surface area contributed by atoms with Gasteiger partial charge in [-0.05, 0) is 48.0 Å². The second-order valence-corrected chi connectivity index (χ2v) is 7.61. The number of hydrogen-bond acceptors (Lipinski definition) is 5. The fraction of sp³-hybridized carbons (Fsp3) is 0.0833. The normalized spacial score (nSPS) is 17.5. The molecule has 0 spiro atoms. The summed E-state index contributed by atoms with van der Waals surface area (Å²) in [5.41, 5.74) is -0.733. The first kappa shape index (κ1) is 22.3. The molecule has 1 atom stereocenters. The number of aliphatic hydroxyl groups excluding tert-OH is 1. The number of phenols is 1. The summed E-state index contributed by atoms with van der Waals surface area (Å²) in [5, 5.41) is 21.1. The summed E-state index contributed by atoms with van der Waals surface area (Å²) < 4.78 is 33.8. The lowest BCUT2D eigenvalue weighted by Crippen LogP contribution is -2.30. The van der Waals surface area contributed by atoms with Gasteiger partial charge in [0.25, 0.3) is 11.7 Å². The molecular weight excluding hydrogens is 456 g/mol. The molecule has 168 valence electrons. The SMILES string of the molecule is COc1ccc(Cl)c(/C(O)=C2\C(=O)C(=O)N(c3cc(F)ccc3F)C2c2cccc(O)c2)c1. The van der Waals surface area contributed by atoms with E-state index in [9.17, 15) is 28.6 Å². The molecule has 3 aromatic rings. The Kier molecular flexibility index (Phi) is 5.78. The maximum atomic E-state index is 14.7. The Morgan fingerprint density at radius 1 is 1.06 bits per heavy atom. The zero-order valence-electron chi connectivity index (χ0n) is 17.1. The van der Waals surface area contributed by atoms with Crippen molar-refractivity contribution in [3.05, 3.63) is 94.0 Å². The summed E-state index contributed by atoms with van der Waals surface area (Å²) in [4.78, 5) is 26.8. The monoisotopic (exact) mass is 471 g/mol. The van der Waals surface area contributed by atoms with Crippen molar-refractivity contribution in [2.24, 2.45) is 0 Å². The third-order valence-electron chi connectivity index (χ3n) is 5.23. The second-order valence-electron chi connectivity index (χ2n) is 7.21. The second kappa shape index (κ2) is 8.55. The van der Waals surface area contributed by atoms with E-state index >= 15 is 0 Å². The van der Waals surface area contributed by atoms with Gasteiger partial charge in [0.2, 0.25) is 0 Å². The minimum atomic E-state index is -1.38. The lowest BCUT2D eigenvalue weighted by molar-refractivity contribution is -0.132. The van der Waals surface area contributed by atoms with E-state index in [1.165, 1.54) is 49.6 Å². The van der Waals surface area contributed by atoms with Crippen LogP contribution in [0.15, 0.2) is 66.2 Å². The molecule has 1 fully saturated rings. The fourth-order valence-electron chi connectivity index (χ4n) is 3.72. The fourth-order valence-corrected chi connectivity index (χ4v) is 3.93. The summed E-state index contributed by atoms with van der Waals surface area (Å²) in [6, 6.07) is 11.0. The third kappa shape index (κ3) is 3.89. The van der Waals surface area contributed by atoms with Gasteiger partial charge in [0.15, 0.2) is 0 Å². The number of anilines is 1. The third-order valence-corrected chi connectivity index (χ3v) is 5.56. The number of ketones is 1. The van der Waals surface area contributed by atoms with Crippen molar-refractivity contribution < 1.29 is 33.3 Å². The predicted octanol–water partition coefficient (Wildman–Crippen LogP) is 4.96. The molecule has 1 unspecified atom stereocenters. The van der Waals surface area contributed by atoms with Gasteiger partial charge < -0.3 is 14.9 Å². The van der Waals surface area contributed by atoms with E-state index in [0.717, 1.165) is 23.1 Å². The first-order chi connectivity index (χ1) is 15.7. The van der Waals surface area contributed by atoms with Gasteiger partial charge >= 0.3 is 0 Å². The molecule has 1 aliphatic rings. The number of aliphatic hydroxyl groups is 1. The summed E-state index contributed by atoms with van der Waals surface area (Å²) >= 11 is 6.22. The van der Waals surface area contributed by atoms with Crippen molar-refractivity contribution in [1.29, 1.82) is 0 Å². The highest BCUT2D eigenvalue weighted by molar-refractivity contribution is 6.52. The quantitative estimate of drug-likeness (QED) is 0.319. The van der Waals surface area contributed by atoms with E-state index in [0.29, 0.717) is 5.75 Å². The molecule has 2 N–H and O–H groups in total. The summed E-state index contributed by atoms with van der Waals surface area (Å²) in [7, 11) is 1.39. The van der Waals surface area contributed by atoms with E-state index in [4.69, 9.17) is 16.3 Å². The van der Waals surface area contributed by atoms with E-state index in [2.05, 4.69) is 0 Å². The van der Waals surface area contributed by atoms with Crippen LogP contribution in [-0.4, -0.2) is 29.0 Å². The molecule has 1 aliphatic heterocycles. The van der Waals surface area contributed by atoms with Crippen LogP contribution in [0.2, 0.25) is 5.02 Å². The number of amides is 1. The molecule has 6 nitrogen and oxygen atoms in total. The highest BCUT2D eigenvalue weighted by atomic mass is 35.5. The number of phenolic OH excluding ortho intramolecular Hbond substituents is 1. The van der Waals surface area contributed by atoms with E-state index in [-0.39, 0.29) is 21.9 Å². The molecule has 3 aromatic carbocycles. The van der Waals surface area contributed by atoms with Crippen molar-refractivity contribution in [2.45, 2.75) is 6.04 Å². The number of halogens is 3. The number of rotatable bonds is 4. The Hall–Kier alpha value is -3.91. The van der Waals surface area contributed by atoms with Gasteiger partial charge in [0, 0.05) is 11.6 Å². The van der Waals surface area contributed by atoms with Crippen LogP contribution in [0.3, 0.4) is 0 Å². The molecule has 0 aliphatic carbocycles. The van der Waals surface area contributed by atoms with Crippen LogP contribution < -0.4 is 9.64 Å². The Morgan fingerprint density at radius 3 is 2.52 bits per heavy atom. The van der Waals surface area contributed by atoms with Crippen molar-refractivity contribution in [2.75, 3.05) is 12.0 Å². The molecule has 0 saturated carbocycles. The van der Waals surface area contributed by atoms with E-state index < -0.39 is 46.4 Å². The van der Waals surface area contributed by atoms with Gasteiger partial charge in [-0.15, -0.1) is 0 Å². The van der Waals surface area contributed by atoms with Crippen molar-refractivity contribution in [3.63, 3.8) is 0 Å². The Balaban J connectivity index is 2.02. The van der Waals surface area contributed by atoms with Gasteiger partial charge in [0.05, 0.1) is 29.4 Å². The van der Waals surface area contributed by atoms with Crippen molar-refractivity contribution in [3.8, 4) is 11.5 Å².